The van der Waals surface area contributed by atoms with Gasteiger partial charge >= 0.3 is 5.97 Å². The van der Waals surface area contributed by atoms with Crippen molar-refractivity contribution in [1.82, 2.24) is 5.32 Å². The fourth-order valence-electron chi connectivity index (χ4n) is 1.29. The molecule has 0 fully saturated rings. The van der Waals surface area contributed by atoms with E-state index in [2.05, 4.69) is 11.9 Å². The van der Waals surface area contributed by atoms with Gasteiger partial charge in [-0.2, -0.15) is 0 Å². The summed E-state index contributed by atoms with van der Waals surface area (Å²) in [5.74, 6) is -3.53. The van der Waals surface area contributed by atoms with Crippen LogP contribution in [-0.4, -0.2) is 23.0 Å². The highest BCUT2D eigenvalue weighted by molar-refractivity contribution is 5.93. The Hall–Kier alpha value is -2.17. The predicted octanol–water partition coefficient (Wildman–Crippen LogP) is 1.28. The van der Waals surface area contributed by atoms with Gasteiger partial charge in [0.15, 0.2) is 5.83 Å². The Bertz CT molecular complexity index is 431. The van der Waals surface area contributed by atoms with Gasteiger partial charge in [-0.25, -0.2) is 9.18 Å². The van der Waals surface area contributed by atoms with E-state index in [4.69, 9.17) is 5.11 Å². The molecule has 5 heteroatoms. The smallest absolute Gasteiger partial charge is 0.326 e. The zero-order chi connectivity index (χ0) is 12.8. The minimum Gasteiger partial charge on any atom is -0.480 e. The fraction of sp³-hybridized carbons (Fsp3) is 0.167. The predicted molar refractivity (Wildman–Crippen MR) is 60.0 cm³/mol. The van der Waals surface area contributed by atoms with E-state index in [1.807, 2.05) is 0 Å². The standard InChI is InChI=1S/C12H12FNO3/c1-8(13)11(15)14-10(12(16)17)7-9-5-3-2-4-6-9/h2-6,10H,1,7H2,(H,14,15)(H,16,17)/t10-/m0/s1. The molecular formula is C12H12FNO3. The molecule has 0 bridgehead atoms. The Labute approximate surface area is 97.8 Å². The van der Waals surface area contributed by atoms with E-state index in [1.165, 1.54) is 0 Å². The van der Waals surface area contributed by atoms with Gasteiger partial charge in [0.25, 0.3) is 5.91 Å². The van der Waals surface area contributed by atoms with Crippen LogP contribution in [0.4, 0.5) is 4.39 Å². The third-order valence-electron chi connectivity index (χ3n) is 2.13. The topological polar surface area (TPSA) is 66.4 Å². The summed E-state index contributed by atoms with van der Waals surface area (Å²) in [4.78, 5) is 21.9. The van der Waals surface area contributed by atoms with Crippen LogP contribution in [0.5, 0.6) is 0 Å². The van der Waals surface area contributed by atoms with E-state index in [9.17, 15) is 14.0 Å². The zero-order valence-corrected chi connectivity index (χ0v) is 9.02. The summed E-state index contributed by atoms with van der Waals surface area (Å²) in [6.45, 7) is 2.80. The number of amides is 1. The number of rotatable bonds is 5. The molecule has 1 amide bonds. The number of hydrogen-bond donors (Lipinski definition) is 2. The summed E-state index contributed by atoms with van der Waals surface area (Å²) in [6.07, 6.45) is 0.0925. The molecule has 0 heterocycles. The van der Waals surface area contributed by atoms with E-state index in [0.717, 1.165) is 5.56 Å². The monoisotopic (exact) mass is 237 g/mol. The highest BCUT2D eigenvalue weighted by Crippen LogP contribution is 2.04. The first kappa shape index (κ1) is 12.9. The lowest BCUT2D eigenvalue weighted by Gasteiger charge is -2.13. The van der Waals surface area contributed by atoms with Crippen molar-refractivity contribution in [3.05, 3.63) is 48.3 Å². The Morgan fingerprint density at radius 2 is 1.94 bits per heavy atom. The Balaban J connectivity index is 2.71. The van der Waals surface area contributed by atoms with Crippen molar-refractivity contribution >= 4 is 11.9 Å². The van der Waals surface area contributed by atoms with E-state index in [1.54, 1.807) is 30.3 Å². The molecule has 17 heavy (non-hydrogen) atoms. The molecule has 1 atom stereocenters. The number of carbonyl (C=O) groups excluding carboxylic acids is 1. The fourth-order valence-corrected chi connectivity index (χ4v) is 1.29. The van der Waals surface area contributed by atoms with Crippen molar-refractivity contribution in [2.75, 3.05) is 0 Å². The quantitative estimate of drug-likeness (QED) is 0.758. The molecule has 0 aliphatic carbocycles. The molecule has 0 spiro atoms. The average Bonchev–Trinajstić information content (AvgIpc) is 2.29. The highest BCUT2D eigenvalue weighted by Gasteiger charge is 2.21. The first-order valence-corrected chi connectivity index (χ1v) is 4.92. The second-order valence-corrected chi connectivity index (χ2v) is 3.46. The second-order valence-electron chi connectivity index (χ2n) is 3.46. The van der Waals surface area contributed by atoms with Gasteiger partial charge in [-0.1, -0.05) is 36.9 Å². The zero-order valence-electron chi connectivity index (χ0n) is 9.02. The Morgan fingerprint density at radius 1 is 1.35 bits per heavy atom. The molecule has 0 unspecified atom stereocenters. The third-order valence-corrected chi connectivity index (χ3v) is 2.13. The lowest BCUT2D eigenvalue weighted by atomic mass is 10.1. The van der Waals surface area contributed by atoms with Gasteiger partial charge < -0.3 is 10.4 Å². The maximum atomic E-state index is 12.5. The molecule has 90 valence electrons. The minimum absolute atomic E-state index is 0.0925. The Kier molecular flexibility index (Phi) is 4.39. The molecule has 0 aliphatic rings. The van der Waals surface area contributed by atoms with E-state index < -0.39 is 23.7 Å². The van der Waals surface area contributed by atoms with Crippen molar-refractivity contribution in [3.63, 3.8) is 0 Å². The molecule has 1 aromatic carbocycles. The summed E-state index contributed by atoms with van der Waals surface area (Å²) in [7, 11) is 0. The van der Waals surface area contributed by atoms with Gasteiger partial charge in [0.2, 0.25) is 0 Å². The number of benzene rings is 1. The van der Waals surface area contributed by atoms with Gasteiger partial charge in [0.05, 0.1) is 0 Å². The molecule has 0 saturated carbocycles. The number of halogens is 1. The molecule has 4 nitrogen and oxygen atoms in total. The molecule has 2 N–H and O–H groups in total. The number of carbonyl (C=O) groups is 2. The summed E-state index contributed by atoms with van der Waals surface area (Å²) in [5.41, 5.74) is 0.740. The lowest BCUT2D eigenvalue weighted by molar-refractivity contribution is -0.141. The molecule has 0 aliphatic heterocycles. The highest BCUT2D eigenvalue weighted by atomic mass is 19.1. The third kappa shape index (κ3) is 4.06. The van der Waals surface area contributed by atoms with Crippen LogP contribution >= 0.6 is 0 Å². The van der Waals surface area contributed by atoms with Crippen molar-refractivity contribution in [2.24, 2.45) is 0 Å². The maximum absolute atomic E-state index is 12.5. The number of carboxylic acids is 1. The van der Waals surface area contributed by atoms with Crippen LogP contribution in [0, 0.1) is 0 Å². The number of hydrogen-bond acceptors (Lipinski definition) is 2. The van der Waals surface area contributed by atoms with Crippen LogP contribution < -0.4 is 5.32 Å². The van der Waals surface area contributed by atoms with E-state index in [0.29, 0.717) is 0 Å². The van der Waals surface area contributed by atoms with Gasteiger partial charge in [-0.05, 0) is 5.56 Å². The summed E-state index contributed by atoms with van der Waals surface area (Å²) in [6, 6.07) is 7.59. The van der Waals surface area contributed by atoms with Gasteiger partial charge in [-0.3, -0.25) is 4.79 Å². The molecule has 0 saturated heterocycles. The first-order valence-electron chi connectivity index (χ1n) is 4.92. The molecule has 1 rings (SSSR count). The van der Waals surface area contributed by atoms with E-state index in [-0.39, 0.29) is 6.42 Å². The van der Waals surface area contributed by atoms with Crippen LogP contribution in [0.15, 0.2) is 42.7 Å². The number of nitrogens with one attached hydrogen (secondary N) is 1. The van der Waals surface area contributed by atoms with Crippen LogP contribution in [0.3, 0.4) is 0 Å². The van der Waals surface area contributed by atoms with Crippen molar-refractivity contribution < 1.29 is 19.1 Å². The van der Waals surface area contributed by atoms with Crippen LogP contribution in [0.1, 0.15) is 5.56 Å². The van der Waals surface area contributed by atoms with Crippen molar-refractivity contribution in [1.29, 1.82) is 0 Å². The summed E-state index contributed by atoms with van der Waals surface area (Å²) < 4.78 is 12.5. The SMILES string of the molecule is C=C(F)C(=O)N[C@@H](Cc1ccccc1)C(=O)O. The first-order chi connectivity index (χ1) is 8.00. The van der Waals surface area contributed by atoms with Crippen LogP contribution in [-0.2, 0) is 16.0 Å². The minimum atomic E-state index is -1.22. The number of carboxylic acid groups (broad SMARTS) is 1. The number of aliphatic carboxylic acids is 1. The molecular weight excluding hydrogens is 225 g/mol. The second kappa shape index (κ2) is 5.79. The van der Waals surface area contributed by atoms with Crippen LogP contribution in [0.25, 0.3) is 0 Å². The van der Waals surface area contributed by atoms with Crippen molar-refractivity contribution in [3.8, 4) is 0 Å². The molecule has 1 aromatic rings. The van der Waals surface area contributed by atoms with Gasteiger partial charge in [-0.15, -0.1) is 0 Å². The lowest BCUT2D eigenvalue weighted by Crippen LogP contribution is -2.42. The molecule has 0 aromatic heterocycles. The van der Waals surface area contributed by atoms with Crippen LogP contribution in [0.2, 0.25) is 0 Å². The largest absolute Gasteiger partial charge is 0.480 e. The normalized spacial score (nSPS) is 11.6. The van der Waals surface area contributed by atoms with Gasteiger partial charge in [0, 0.05) is 6.42 Å². The Morgan fingerprint density at radius 3 is 2.41 bits per heavy atom. The van der Waals surface area contributed by atoms with E-state index >= 15 is 0 Å². The van der Waals surface area contributed by atoms with Gasteiger partial charge in [0.1, 0.15) is 6.04 Å². The van der Waals surface area contributed by atoms with Crippen molar-refractivity contribution in [2.45, 2.75) is 12.5 Å². The summed E-state index contributed by atoms with van der Waals surface area (Å²) >= 11 is 0. The maximum Gasteiger partial charge on any atom is 0.326 e. The summed E-state index contributed by atoms with van der Waals surface area (Å²) in [5, 5.41) is 10.9. The average molecular weight is 237 g/mol. The molecule has 0 radical (unpaired) electrons.